The number of hydrogen-bond acceptors (Lipinski definition) is 4. The van der Waals surface area contributed by atoms with Crippen LogP contribution in [-0.2, 0) is 24.3 Å². The summed E-state index contributed by atoms with van der Waals surface area (Å²) >= 11 is 3.17. The van der Waals surface area contributed by atoms with Crippen molar-refractivity contribution >= 4 is 33.4 Å². The first-order valence-corrected chi connectivity index (χ1v) is 10.3. The number of carbonyl (C=O) groups is 2. The molecule has 0 aliphatic carbocycles. The second-order valence-electron chi connectivity index (χ2n) is 7.21. The summed E-state index contributed by atoms with van der Waals surface area (Å²) in [4.78, 5) is 26.6. The number of carbonyl (C=O) groups excluding carboxylic acids is 2. The molecule has 0 saturated heterocycles. The third-order valence-corrected chi connectivity index (χ3v) is 4.88. The van der Waals surface area contributed by atoms with Gasteiger partial charge in [-0.25, -0.2) is 0 Å². The van der Waals surface area contributed by atoms with E-state index >= 15 is 0 Å². The molecular weight excluding hydrogens is 446 g/mol. The highest BCUT2D eigenvalue weighted by molar-refractivity contribution is 9.10. The fourth-order valence-electron chi connectivity index (χ4n) is 3.00. The van der Waals surface area contributed by atoms with Gasteiger partial charge in [0.2, 0.25) is 5.91 Å². The summed E-state index contributed by atoms with van der Waals surface area (Å²) in [6.45, 7) is 1.32. The highest BCUT2D eigenvalue weighted by Crippen LogP contribution is 2.17. The summed E-state index contributed by atoms with van der Waals surface area (Å²) in [6, 6.07) is 18.6. The molecule has 2 aromatic carbocycles. The summed E-state index contributed by atoms with van der Waals surface area (Å²) in [5, 5.41) is 5.75. The number of furan rings is 1. The maximum atomic E-state index is 12.4. The molecule has 2 amide bonds. The standard InChI is InChI=1S/C23H24BrN3O3/c1-27(2)15-18-6-4-3-5-17(18)14-25-22(28)13-16-7-9-19(10-8-16)26-23(29)20-11-12-21(24)30-20/h3-12H,13-15H2,1-2H3,(H,25,28)(H,26,29). The summed E-state index contributed by atoms with van der Waals surface area (Å²) < 4.78 is 5.73. The van der Waals surface area contributed by atoms with Crippen molar-refractivity contribution in [2.45, 2.75) is 19.5 Å². The molecule has 0 unspecified atom stereocenters. The Morgan fingerprint density at radius 2 is 1.67 bits per heavy atom. The van der Waals surface area contributed by atoms with Crippen LogP contribution < -0.4 is 10.6 Å². The van der Waals surface area contributed by atoms with Gasteiger partial charge in [-0.1, -0.05) is 36.4 Å². The molecular formula is C23H24BrN3O3. The van der Waals surface area contributed by atoms with Crippen LogP contribution in [0.15, 0.2) is 69.8 Å². The van der Waals surface area contributed by atoms with Crippen LogP contribution in [0.25, 0.3) is 0 Å². The van der Waals surface area contributed by atoms with Crippen molar-refractivity contribution in [3.63, 3.8) is 0 Å². The molecule has 0 aliphatic rings. The molecule has 0 fully saturated rings. The van der Waals surface area contributed by atoms with E-state index in [4.69, 9.17) is 4.42 Å². The zero-order chi connectivity index (χ0) is 21.5. The van der Waals surface area contributed by atoms with E-state index in [0.29, 0.717) is 16.9 Å². The van der Waals surface area contributed by atoms with Crippen molar-refractivity contribution in [3.8, 4) is 0 Å². The van der Waals surface area contributed by atoms with Gasteiger partial charge in [0.1, 0.15) is 0 Å². The molecule has 0 aliphatic heterocycles. The molecule has 3 rings (SSSR count). The van der Waals surface area contributed by atoms with Gasteiger partial charge >= 0.3 is 0 Å². The van der Waals surface area contributed by atoms with E-state index in [0.717, 1.165) is 17.7 Å². The van der Waals surface area contributed by atoms with Crippen LogP contribution in [0.5, 0.6) is 0 Å². The van der Waals surface area contributed by atoms with E-state index in [1.807, 2.05) is 44.4 Å². The SMILES string of the molecule is CN(C)Cc1ccccc1CNC(=O)Cc1ccc(NC(=O)c2ccc(Br)o2)cc1. The first kappa shape index (κ1) is 21.8. The molecule has 1 heterocycles. The molecule has 7 heteroatoms. The Balaban J connectivity index is 1.52. The lowest BCUT2D eigenvalue weighted by molar-refractivity contribution is -0.120. The maximum Gasteiger partial charge on any atom is 0.291 e. The zero-order valence-corrected chi connectivity index (χ0v) is 18.5. The fraction of sp³-hybridized carbons (Fsp3) is 0.217. The molecule has 0 atom stereocenters. The van der Waals surface area contributed by atoms with Gasteiger partial charge in [0, 0.05) is 18.8 Å². The van der Waals surface area contributed by atoms with Crippen LogP contribution in [0.2, 0.25) is 0 Å². The topological polar surface area (TPSA) is 74.6 Å². The van der Waals surface area contributed by atoms with Crippen molar-refractivity contribution in [1.29, 1.82) is 0 Å². The van der Waals surface area contributed by atoms with Crippen LogP contribution in [-0.4, -0.2) is 30.8 Å². The van der Waals surface area contributed by atoms with Gasteiger partial charge in [0.25, 0.3) is 5.91 Å². The van der Waals surface area contributed by atoms with Crippen molar-refractivity contribution in [2.75, 3.05) is 19.4 Å². The van der Waals surface area contributed by atoms with Crippen molar-refractivity contribution in [1.82, 2.24) is 10.2 Å². The predicted molar refractivity (Wildman–Crippen MR) is 120 cm³/mol. The van der Waals surface area contributed by atoms with Gasteiger partial charge in [0.15, 0.2) is 10.4 Å². The number of hydrogen-bond donors (Lipinski definition) is 2. The van der Waals surface area contributed by atoms with Gasteiger partial charge in [-0.2, -0.15) is 0 Å². The van der Waals surface area contributed by atoms with Gasteiger partial charge in [0.05, 0.1) is 6.42 Å². The Morgan fingerprint density at radius 1 is 0.967 bits per heavy atom. The Labute approximate surface area is 184 Å². The van der Waals surface area contributed by atoms with Gasteiger partial charge < -0.3 is 20.0 Å². The Hall–Kier alpha value is -2.90. The quantitative estimate of drug-likeness (QED) is 0.517. The Morgan fingerprint density at radius 3 is 2.30 bits per heavy atom. The van der Waals surface area contributed by atoms with Crippen molar-refractivity contribution in [2.24, 2.45) is 0 Å². The minimum atomic E-state index is -0.331. The molecule has 3 aromatic rings. The van der Waals surface area contributed by atoms with Crippen molar-refractivity contribution in [3.05, 3.63) is 87.8 Å². The molecule has 0 saturated carbocycles. The third kappa shape index (κ3) is 6.30. The highest BCUT2D eigenvalue weighted by atomic mass is 79.9. The highest BCUT2D eigenvalue weighted by Gasteiger charge is 2.11. The van der Waals surface area contributed by atoms with E-state index in [-0.39, 0.29) is 24.0 Å². The minimum Gasteiger partial charge on any atom is -0.444 e. The van der Waals surface area contributed by atoms with Crippen LogP contribution >= 0.6 is 15.9 Å². The first-order valence-electron chi connectivity index (χ1n) is 9.54. The number of amides is 2. The number of anilines is 1. The maximum absolute atomic E-state index is 12.4. The Kier molecular flexibility index (Phi) is 7.43. The van der Waals surface area contributed by atoms with Gasteiger partial charge in [-0.05, 0) is 71.0 Å². The summed E-state index contributed by atoms with van der Waals surface area (Å²) in [5.74, 6) is -0.158. The molecule has 0 radical (unpaired) electrons. The number of rotatable bonds is 8. The zero-order valence-electron chi connectivity index (χ0n) is 16.9. The lowest BCUT2D eigenvalue weighted by Crippen LogP contribution is -2.25. The van der Waals surface area contributed by atoms with E-state index in [2.05, 4.69) is 37.5 Å². The number of nitrogens with one attached hydrogen (secondary N) is 2. The second-order valence-corrected chi connectivity index (χ2v) is 8.00. The average Bonchev–Trinajstić information content (AvgIpc) is 3.15. The smallest absolute Gasteiger partial charge is 0.291 e. The monoisotopic (exact) mass is 469 g/mol. The average molecular weight is 470 g/mol. The van der Waals surface area contributed by atoms with E-state index in [9.17, 15) is 9.59 Å². The first-order chi connectivity index (χ1) is 14.4. The largest absolute Gasteiger partial charge is 0.444 e. The van der Waals surface area contributed by atoms with Gasteiger partial charge in [-0.15, -0.1) is 0 Å². The van der Waals surface area contributed by atoms with Crippen LogP contribution in [0.1, 0.15) is 27.2 Å². The normalized spacial score (nSPS) is 10.8. The molecule has 30 heavy (non-hydrogen) atoms. The molecule has 0 spiro atoms. The summed E-state index contributed by atoms with van der Waals surface area (Å²) in [6.07, 6.45) is 0.273. The number of nitrogens with zero attached hydrogens (tertiary/aromatic N) is 1. The molecule has 2 N–H and O–H groups in total. The molecule has 156 valence electrons. The minimum absolute atomic E-state index is 0.0492. The lowest BCUT2D eigenvalue weighted by Gasteiger charge is -2.14. The molecule has 1 aromatic heterocycles. The molecule has 6 nitrogen and oxygen atoms in total. The number of benzene rings is 2. The fourth-order valence-corrected chi connectivity index (χ4v) is 3.31. The second kappa shape index (κ2) is 10.2. The molecule has 0 bridgehead atoms. The van der Waals surface area contributed by atoms with Gasteiger partial charge in [-0.3, -0.25) is 9.59 Å². The lowest BCUT2D eigenvalue weighted by atomic mass is 10.1. The van der Waals surface area contributed by atoms with E-state index in [1.165, 1.54) is 5.56 Å². The predicted octanol–water partition coefficient (Wildman–Crippen LogP) is 4.21. The number of halogens is 1. The Bertz CT molecular complexity index is 1010. The van der Waals surface area contributed by atoms with Crippen molar-refractivity contribution < 1.29 is 14.0 Å². The summed E-state index contributed by atoms with van der Waals surface area (Å²) in [5.41, 5.74) is 3.82. The van der Waals surface area contributed by atoms with Crippen LogP contribution in [0.4, 0.5) is 5.69 Å². The third-order valence-electron chi connectivity index (χ3n) is 4.45. The van der Waals surface area contributed by atoms with Crippen LogP contribution in [0.3, 0.4) is 0 Å². The van der Waals surface area contributed by atoms with Crippen LogP contribution in [0, 0.1) is 0 Å². The van der Waals surface area contributed by atoms with E-state index in [1.54, 1.807) is 24.3 Å². The van der Waals surface area contributed by atoms with E-state index < -0.39 is 0 Å². The summed E-state index contributed by atoms with van der Waals surface area (Å²) in [7, 11) is 4.05.